The third-order valence-electron chi connectivity index (χ3n) is 4.40. The quantitative estimate of drug-likeness (QED) is 0.379. The van der Waals surface area contributed by atoms with Crippen molar-refractivity contribution < 1.29 is 4.79 Å². The van der Waals surface area contributed by atoms with Gasteiger partial charge in [0.05, 0.1) is 5.69 Å². The number of carbonyl (C=O) groups excluding carboxylic acids is 1. The molecule has 0 atom stereocenters. The van der Waals surface area contributed by atoms with Crippen LogP contribution in [-0.2, 0) is 6.42 Å². The third kappa shape index (κ3) is 5.40. The Balaban J connectivity index is 1.77. The zero-order valence-electron chi connectivity index (χ0n) is 16.8. The van der Waals surface area contributed by atoms with Gasteiger partial charge in [-0.15, -0.1) is 11.3 Å². The zero-order chi connectivity index (χ0) is 20.8. The number of hydrogen-bond donors (Lipinski definition) is 1. The van der Waals surface area contributed by atoms with Crippen molar-refractivity contribution in [1.82, 2.24) is 4.98 Å². The lowest BCUT2D eigenvalue weighted by atomic mass is 10.0. The molecule has 146 valence electrons. The molecule has 0 saturated carbocycles. The summed E-state index contributed by atoms with van der Waals surface area (Å²) < 4.78 is 0. The van der Waals surface area contributed by atoms with Crippen LogP contribution in [0.1, 0.15) is 41.7 Å². The van der Waals surface area contributed by atoms with E-state index in [2.05, 4.69) is 54.5 Å². The summed E-state index contributed by atoms with van der Waals surface area (Å²) in [4.78, 5) is 16.2. The Morgan fingerprint density at radius 1 is 1.24 bits per heavy atom. The number of carbonyl (C=O) groups is 1. The summed E-state index contributed by atoms with van der Waals surface area (Å²) in [6.07, 6.45) is 2.69. The van der Waals surface area contributed by atoms with E-state index < -0.39 is 0 Å². The summed E-state index contributed by atoms with van der Waals surface area (Å²) in [5, 5.41) is 15.3. The monoisotopic (exact) mass is 401 g/mol. The standard InChI is InChI=1S/C24H23N3OS/c1-16(2)11-18-7-9-19(10-8-18)23-15-29-24(27-23)21(13-25)14-26-22-6-4-5-20(12-22)17(3)28/h4-10,12,14-16,26H,11H2,1-3H3. The van der Waals surface area contributed by atoms with E-state index in [0.29, 0.717) is 22.1 Å². The number of allylic oxidation sites excluding steroid dienone is 1. The summed E-state index contributed by atoms with van der Waals surface area (Å²) in [5.74, 6) is 0.626. The molecule has 1 N–H and O–H groups in total. The fourth-order valence-electron chi connectivity index (χ4n) is 2.94. The lowest BCUT2D eigenvalue weighted by Gasteiger charge is -2.05. The molecule has 0 saturated heterocycles. The topological polar surface area (TPSA) is 65.8 Å². The van der Waals surface area contributed by atoms with Gasteiger partial charge in [0, 0.05) is 28.4 Å². The molecule has 0 aliphatic carbocycles. The predicted octanol–water partition coefficient (Wildman–Crippen LogP) is 6.19. The Morgan fingerprint density at radius 2 is 2.00 bits per heavy atom. The van der Waals surface area contributed by atoms with Crippen molar-refractivity contribution >= 4 is 28.4 Å². The van der Waals surface area contributed by atoms with Crippen LogP contribution in [0.2, 0.25) is 0 Å². The molecule has 0 unspecified atom stereocenters. The van der Waals surface area contributed by atoms with E-state index >= 15 is 0 Å². The Bertz CT molecular complexity index is 1070. The molecule has 0 spiro atoms. The van der Waals surface area contributed by atoms with Gasteiger partial charge in [-0.1, -0.05) is 50.2 Å². The third-order valence-corrected chi connectivity index (χ3v) is 5.28. The molecular weight excluding hydrogens is 378 g/mol. The summed E-state index contributed by atoms with van der Waals surface area (Å²) in [5.41, 5.74) is 5.04. The van der Waals surface area contributed by atoms with Gasteiger partial charge in [0.25, 0.3) is 0 Å². The number of Topliss-reactive ketones (excluding diaryl/α,β-unsaturated/α-hetero) is 1. The zero-order valence-corrected chi connectivity index (χ0v) is 17.6. The van der Waals surface area contributed by atoms with E-state index in [1.165, 1.54) is 23.8 Å². The number of hydrogen-bond acceptors (Lipinski definition) is 5. The first-order valence-corrected chi connectivity index (χ1v) is 10.4. The number of thiazole rings is 1. The highest BCUT2D eigenvalue weighted by molar-refractivity contribution is 7.11. The second-order valence-corrected chi connectivity index (χ2v) is 8.14. The number of anilines is 1. The molecular formula is C24H23N3OS. The number of nitrogens with zero attached hydrogens (tertiary/aromatic N) is 2. The summed E-state index contributed by atoms with van der Waals surface area (Å²) in [6.45, 7) is 5.95. The van der Waals surface area contributed by atoms with Gasteiger partial charge in [0.2, 0.25) is 0 Å². The maximum absolute atomic E-state index is 11.5. The van der Waals surface area contributed by atoms with Crippen LogP contribution in [0.25, 0.3) is 16.8 Å². The maximum Gasteiger partial charge on any atom is 0.159 e. The largest absolute Gasteiger partial charge is 0.360 e. The number of rotatable bonds is 7. The van der Waals surface area contributed by atoms with E-state index in [0.717, 1.165) is 23.4 Å². The molecule has 0 amide bonds. The molecule has 0 aliphatic rings. The summed E-state index contributed by atoms with van der Waals surface area (Å²) in [7, 11) is 0. The Morgan fingerprint density at radius 3 is 2.66 bits per heavy atom. The van der Waals surface area contributed by atoms with Gasteiger partial charge in [0.1, 0.15) is 16.6 Å². The van der Waals surface area contributed by atoms with Crippen LogP contribution in [0, 0.1) is 17.2 Å². The van der Waals surface area contributed by atoms with Crippen molar-refractivity contribution in [3.63, 3.8) is 0 Å². The van der Waals surface area contributed by atoms with E-state index in [1.54, 1.807) is 18.3 Å². The highest BCUT2D eigenvalue weighted by Crippen LogP contribution is 2.27. The summed E-state index contributed by atoms with van der Waals surface area (Å²) in [6, 6.07) is 17.8. The molecule has 5 heteroatoms. The van der Waals surface area contributed by atoms with Crippen LogP contribution in [-0.4, -0.2) is 10.8 Å². The average molecular weight is 402 g/mol. The van der Waals surface area contributed by atoms with Crippen LogP contribution < -0.4 is 5.32 Å². The fourth-order valence-corrected chi connectivity index (χ4v) is 3.73. The number of ketones is 1. The SMILES string of the molecule is CC(=O)c1cccc(NC=C(C#N)c2nc(-c3ccc(CC(C)C)cc3)cs2)c1. The molecule has 2 aromatic carbocycles. The van der Waals surface area contributed by atoms with Gasteiger partial charge in [0.15, 0.2) is 5.78 Å². The highest BCUT2D eigenvalue weighted by Gasteiger charge is 2.09. The van der Waals surface area contributed by atoms with Gasteiger partial charge in [-0.25, -0.2) is 4.98 Å². The van der Waals surface area contributed by atoms with E-state index in [-0.39, 0.29) is 5.78 Å². The Hall–Kier alpha value is -3.23. The van der Waals surface area contributed by atoms with Crippen molar-refractivity contribution in [3.8, 4) is 17.3 Å². The molecule has 1 heterocycles. The van der Waals surface area contributed by atoms with Crippen LogP contribution in [0.4, 0.5) is 5.69 Å². The first-order chi connectivity index (χ1) is 14.0. The molecule has 3 rings (SSSR count). The summed E-state index contributed by atoms with van der Waals surface area (Å²) >= 11 is 1.44. The molecule has 1 aromatic heterocycles. The lowest BCUT2D eigenvalue weighted by molar-refractivity contribution is 0.101. The van der Waals surface area contributed by atoms with Crippen molar-refractivity contribution in [2.45, 2.75) is 27.2 Å². The normalized spacial score (nSPS) is 11.3. The van der Waals surface area contributed by atoms with Gasteiger partial charge in [-0.05, 0) is 37.0 Å². The molecule has 0 aliphatic heterocycles. The van der Waals surface area contributed by atoms with Gasteiger partial charge >= 0.3 is 0 Å². The minimum atomic E-state index is 0.00196. The molecule has 3 aromatic rings. The second kappa shape index (κ2) is 9.31. The number of nitrogens with one attached hydrogen (secondary N) is 1. The van der Waals surface area contributed by atoms with Crippen LogP contribution in [0.15, 0.2) is 60.1 Å². The predicted molar refractivity (Wildman–Crippen MR) is 120 cm³/mol. The fraction of sp³-hybridized carbons (Fsp3) is 0.208. The minimum absolute atomic E-state index is 0.00196. The number of aromatic nitrogens is 1. The van der Waals surface area contributed by atoms with Crippen LogP contribution >= 0.6 is 11.3 Å². The lowest BCUT2D eigenvalue weighted by Crippen LogP contribution is -1.95. The molecule has 4 nitrogen and oxygen atoms in total. The average Bonchev–Trinajstić information content (AvgIpc) is 3.19. The van der Waals surface area contributed by atoms with Gasteiger partial charge in [-0.3, -0.25) is 4.79 Å². The van der Waals surface area contributed by atoms with Crippen molar-refractivity contribution in [2.24, 2.45) is 5.92 Å². The van der Waals surface area contributed by atoms with Crippen molar-refractivity contribution in [2.75, 3.05) is 5.32 Å². The van der Waals surface area contributed by atoms with Gasteiger partial charge in [-0.2, -0.15) is 5.26 Å². The molecule has 0 radical (unpaired) electrons. The van der Waals surface area contributed by atoms with Crippen molar-refractivity contribution in [1.29, 1.82) is 5.26 Å². The molecule has 29 heavy (non-hydrogen) atoms. The molecule has 0 fully saturated rings. The maximum atomic E-state index is 11.5. The van der Waals surface area contributed by atoms with E-state index in [4.69, 9.17) is 0 Å². The number of nitriles is 1. The minimum Gasteiger partial charge on any atom is -0.360 e. The van der Waals surface area contributed by atoms with Crippen LogP contribution in [0.3, 0.4) is 0 Å². The van der Waals surface area contributed by atoms with E-state index in [9.17, 15) is 10.1 Å². The number of benzene rings is 2. The first-order valence-electron chi connectivity index (χ1n) is 9.49. The Labute approximate surface area is 175 Å². The smallest absolute Gasteiger partial charge is 0.159 e. The van der Waals surface area contributed by atoms with Gasteiger partial charge < -0.3 is 5.32 Å². The van der Waals surface area contributed by atoms with E-state index in [1.807, 2.05) is 17.5 Å². The second-order valence-electron chi connectivity index (χ2n) is 7.28. The first kappa shape index (κ1) is 20.5. The molecule has 0 bridgehead atoms. The van der Waals surface area contributed by atoms with Crippen molar-refractivity contribution in [3.05, 3.63) is 76.2 Å². The highest BCUT2D eigenvalue weighted by atomic mass is 32.1. The van der Waals surface area contributed by atoms with Crippen LogP contribution in [0.5, 0.6) is 0 Å². The Kier molecular flexibility index (Phi) is 6.58.